The third-order valence-corrected chi connectivity index (χ3v) is 8.63. The normalized spacial score (nSPS) is 16.3. The zero-order valence-corrected chi connectivity index (χ0v) is 21.9. The maximum atomic E-state index is 12.9. The predicted molar refractivity (Wildman–Crippen MR) is 135 cm³/mol. The molecule has 0 bridgehead atoms. The van der Waals surface area contributed by atoms with Crippen LogP contribution in [0.1, 0.15) is 34.5 Å². The summed E-state index contributed by atoms with van der Waals surface area (Å²) >= 11 is 3.11. The van der Waals surface area contributed by atoms with Gasteiger partial charge in [-0.15, -0.1) is 23.1 Å². The van der Waals surface area contributed by atoms with E-state index in [9.17, 15) is 18.0 Å². The topological polar surface area (TPSA) is 51.7 Å². The van der Waals surface area contributed by atoms with Crippen LogP contribution in [0.3, 0.4) is 0 Å². The second kappa shape index (κ2) is 11.2. The summed E-state index contributed by atoms with van der Waals surface area (Å²) < 4.78 is 49.2. The number of hydrogen-bond acceptors (Lipinski definition) is 7. The number of aromatic nitrogens is 1. The number of thiazole rings is 1. The van der Waals surface area contributed by atoms with Gasteiger partial charge in [-0.2, -0.15) is 13.2 Å². The highest BCUT2D eigenvalue weighted by atomic mass is 32.2. The minimum atomic E-state index is -4.36. The summed E-state index contributed by atoms with van der Waals surface area (Å²) in [6.45, 7) is 3.41. The number of carbonyl (C=O) groups is 1. The van der Waals surface area contributed by atoms with Crippen molar-refractivity contribution in [3.63, 3.8) is 0 Å². The number of hydrogen-bond donors (Lipinski definition) is 0. The lowest BCUT2D eigenvalue weighted by molar-refractivity contribution is -0.146. The van der Waals surface area contributed by atoms with Crippen LogP contribution < -0.4 is 4.74 Å². The van der Waals surface area contributed by atoms with Gasteiger partial charge in [0.05, 0.1) is 25.5 Å². The molecule has 0 spiro atoms. The number of nitrogens with zero attached hydrogens (tertiary/aromatic N) is 2. The fourth-order valence-corrected chi connectivity index (χ4v) is 6.43. The van der Waals surface area contributed by atoms with Crippen LogP contribution in [0.2, 0.25) is 0 Å². The fourth-order valence-electron chi connectivity index (χ4n) is 4.21. The molecule has 1 aliphatic heterocycles. The van der Waals surface area contributed by atoms with Gasteiger partial charge in [-0.25, -0.2) is 4.98 Å². The first-order valence-corrected chi connectivity index (χ1v) is 13.3. The maximum absolute atomic E-state index is 12.9. The van der Waals surface area contributed by atoms with E-state index in [2.05, 4.69) is 9.88 Å². The van der Waals surface area contributed by atoms with Gasteiger partial charge in [0, 0.05) is 27.6 Å². The van der Waals surface area contributed by atoms with Crippen molar-refractivity contribution >= 4 is 29.1 Å². The number of methoxy groups -OCH3 is 2. The zero-order valence-electron chi connectivity index (χ0n) is 20.2. The Balaban J connectivity index is 1.43. The molecule has 2 aromatic carbocycles. The van der Waals surface area contributed by atoms with Crippen molar-refractivity contribution in [2.45, 2.75) is 49.2 Å². The van der Waals surface area contributed by atoms with E-state index in [1.165, 1.54) is 30.6 Å². The van der Waals surface area contributed by atoms with Crippen LogP contribution >= 0.6 is 23.1 Å². The van der Waals surface area contributed by atoms with Crippen molar-refractivity contribution in [3.05, 3.63) is 64.2 Å². The highest BCUT2D eigenvalue weighted by Crippen LogP contribution is 2.38. The van der Waals surface area contributed by atoms with E-state index in [1.807, 2.05) is 25.1 Å². The quantitative estimate of drug-likeness (QED) is 0.240. The first kappa shape index (κ1) is 26.5. The standard InChI is InChI=1S/C26H27F3N2O3S2/c1-16-23(36-24(30-16)18-7-9-19(10-8-18)26(27,28)29)15-35-22-11-6-17(13-21(22)33-2)14-31-12-4-5-20(31)25(32)34-3/h6-11,13,20H,4-5,12,14-15H2,1-3H3. The average molecular weight is 537 g/mol. The van der Waals surface area contributed by atoms with Crippen LogP contribution in [-0.4, -0.2) is 42.7 Å². The number of benzene rings is 2. The summed E-state index contributed by atoms with van der Waals surface area (Å²) in [6.07, 6.45) is -2.58. The third kappa shape index (κ3) is 6.04. The van der Waals surface area contributed by atoms with Crippen LogP contribution in [0, 0.1) is 6.92 Å². The molecule has 1 atom stereocenters. The minimum Gasteiger partial charge on any atom is -0.496 e. The molecule has 1 fully saturated rings. The van der Waals surface area contributed by atoms with Crippen molar-refractivity contribution < 1.29 is 27.4 Å². The Morgan fingerprint density at radius 2 is 1.94 bits per heavy atom. The van der Waals surface area contributed by atoms with Gasteiger partial charge in [0.25, 0.3) is 0 Å². The number of ether oxygens (including phenoxy) is 2. The van der Waals surface area contributed by atoms with Gasteiger partial charge in [-0.05, 0) is 56.1 Å². The van der Waals surface area contributed by atoms with Gasteiger partial charge in [0.1, 0.15) is 16.8 Å². The molecule has 3 aromatic rings. The number of carbonyl (C=O) groups excluding carboxylic acids is 1. The fraction of sp³-hybridized carbons (Fsp3) is 0.385. The molecular formula is C26H27F3N2O3S2. The molecule has 0 amide bonds. The lowest BCUT2D eigenvalue weighted by Gasteiger charge is -2.22. The second-order valence-electron chi connectivity index (χ2n) is 8.53. The van der Waals surface area contributed by atoms with Gasteiger partial charge in [-0.3, -0.25) is 9.69 Å². The van der Waals surface area contributed by atoms with Gasteiger partial charge in [-0.1, -0.05) is 18.2 Å². The Labute approximate surface area is 216 Å². The first-order chi connectivity index (χ1) is 17.2. The Hall–Kier alpha value is -2.56. The van der Waals surface area contributed by atoms with Crippen LogP contribution in [0.25, 0.3) is 10.6 Å². The van der Waals surface area contributed by atoms with E-state index < -0.39 is 11.7 Å². The average Bonchev–Trinajstić information content (AvgIpc) is 3.48. The molecule has 1 aliphatic rings. The first-order valence-electron chi connectivity index (χ1n) is 11.4. The number of esters is 1. The van der Waals surface area contributed by atoms with Gasteiger partial charge in [0.2, 0.25) is 0 Å². The number of halogens is 3. The molecule has 1 aromatic heterocycles. The Bertz CT molecular complexity index is 1210. The number of aryl methyl sites for hydroxylation is 1. The van der Waals surface area contributed by atoms with Gasteiger partial charge < -0.3 is 9.47 Å². The van der Waals surface area contributed by atoms with E-state index in [1.54, 1.807) is 18.9 Å². The monoisotopic (exact) mass is 536 g/mol. The predicted octanol–water partition coefficient (Wildman–Crippen LogP) is 6.58. The van der Waals surface area contributed by atoms with Crippen molar-refractivity contribution in [1.29, 1.82) is 0 Å². The summed E-state index contributed by atoms with van der Waals surface area (Å²) in [5.74, 6) is 1.23. The van der Waals surface area contributed by atoms with E-state index >= 15 is 0 Å². The molecule has 0 saturated carbocycles. The van der Waals surface area contributed by atoms with E-state index in [0.717, 1.165) is 58.3 Å². The zero-order chi connectivity index (χ0) is 25.9. The van der Waals surface area contributed by atoms with E-state index in [4.69, 9.17) is 9.47 Å². The van der Waals surface area contributed by atoms with Crippen molar-refractivity contribution in [1.82, 2.24) is 9.88 Å². The van der Waals surface area contributed by atoms with Gasteiger partial charge in [0.15, 0.2) is 0 Å². The molecular weight excluding hydrogens is 509 g/mol. The van der Waals surface area contributed by atoms with Gasteiger partial charge >= 0.3 is 12.1 Å². The molecule has 36 heavy (non-hydrogen) atoms. The highest BCUT2D eigenvalue weighted by Gasteiger charge is 2.32. The molecule has 4 rings (SSSR count). The molecule has 0 N–H and O–H groups in total. The number of alkyl halides is 3. The molecule has 0 radical (unpaired) electrons. The van der Waals surface area contributed by atoms with Crippen molar-refractivity contribution in [3.8, 4) is 16.3 Å². The van der Waals surface area contributed by atoms with Crippen LogP contribution in [0.4, 0.5) is 13.2 Å². The SMILES string of the molecule is COC(=O)C1CCCN1Cc1ccc(SCc2sc(-c3ccc(C(F)(F)F)cc3)nc2C)c(OC)c1. The number of rotatable bonds is 8. The summed E-state index contributed by atoms with van der Waals surface area (Å²) in [6, 6.07) is 11.0. The summed E-state index contributed by atoms with van der Waals surface area (Å²) in [5, 5.41) is 0.699. The Morgan fingerprint density at radius 1 is 1.19 bits per heavy atom. The largest absolute Gasteiger partial charge is 0.496 e. The molecule has 0 aliphatic carbocycles. The molecule has 10 heteroatoms. The summed E-state index contributed by atoms with van der Waals surface area (Å²) in [7, 11) is 3.06. The molecule has 2 heterocycles. The lowest BCUT2D eigenvalue weighted by Crippen LogP contribution is -2.36. The minimum absolute atomic E-state index is 0.192. The van der Waals surface area contributed by atoms with Crippen LogP contribution in [-0.2, 0) is 28.0 Å². The van der Waals surface area contributed by atoms with Crippen molar-refractivity contribution in [2.24, 2.45) is 0 Å². The molecule has 5 nitrogen and oxygen atoms in total. The van der Waals surface area contributed by atoms with Crippen molar-refractivity contribution in [2.75, 3.05) is 20.8 Å². The third-order valence-electron chi connectivity index (χ3n) is 6.16. The smallest absolute Gasteiger partial charge is 0.416 e. The molecule has 1 saturated heterocycles. The maximum Gasteiger partial charge on any atom is 0.416 e. The number of likely N-dealkylation sites (tertiary alicyclic amines) is 1. The summed E-state index contributed by atoms with van der Waals surface area (Å²) in [4.78, 5) is 20.8. The summed E-state index contributed by atoms with van der Waals surface area (Å²) in [5.41, 5.74) is 1.92. The second-order valence-corrected chi connectivity index (χ2v) is 10.6. The number of thioether (sulfide) groups is 1. The van der Waals surface area contributed by atoms with E-state index in [-0.39, 0.29) is 12.0 Å². The molecule has 1 unspecified atom stereocenters. The van der Waals surface area contributed by atoms with Crippen LogP contribution in [0.5, 0.6) is 5.75 Å². The Kier molecular flexibility index (Phi) is 8.27. The highest BCUT2D eigenvalue weighted by molar-refractivity contribution is 7.98. The lowest BCUT2D eigenvalue weighted by atomic mass is 10.1. The molecule has 192 valence electrons. The van der Waals surface area contributed by atoms with E-state index in [0.29, 0.717) is 22.9 Å². The van der Waals surface area contributed by atoms with Crippen LogP contribution in [0.15, 0.2) is 47.4 Å². The Morgan fingerprint density at radius 3 is 2.61 bits per heavy atom.